The number of benzene rings is 1. The van der Waals surface area contributed by atoms with Crippen LogP contribution in [0.5, 0.6) is 5.75 Å². The molecule has 1 aromatic carbocycles. The lowest BCUT2D eigenvalue weighted by atomic mass is 10.1. The molecule has 1 atom stereocenters. The van der Waals surface area contributed by atoms with Crippen molar-refractivity contribution in [2.24, 2.45) is 0 Å². The van der Waals surface area contributed by atoms with E-state index in [9.17, 15) is 22.8 Å². The van der Waals surface area contributed by atoms with Gasteiger partial charge in [-0.05, 0) is 12.1 Å². The first-order valence-corrected chi connectivity index (χ1v) is 5.04. The molecule has 0 radical (unpaired) electrons. The Morgan fingerprint density at radius 1 is 1.37 bits per heavy atom. The molecule has 1 unspecified atom stereocenters. The molecule has 19 heavy (non-hydrogen) atoms. The van der Waals surface area contributed by atoms with Crippen LogP contribution < -0.4 is 10.1 Å². The van der Waals surface area contributed by atoms with E-state index in [0.717, 1.165) is 13.2 Å². The van der Waals surface area contributed by atoms with Crippen molar-refractivity contribution >= 4 is 11.9 Å². The highest BCUT2D eigenvalue weighted by Gasteiger charge is 2.26. The van der Waals surface area contributed by atoms with Crippen molar-refractivity contribution in [3.8, 4) is 5.75 Å². The first kappa shape index (κ1) is 14.8. The maximum absolute atomic E-state index is 13.5. The average Bonchev–Trinajstić information content (AvgIpc) is 2.37. The number of halogens is 3. The second-order valence-electron chi connectivity index (χ2n) is 3.46. The van der Waals surface area contributed by atoms with E-state index < -0.39 is 47.5 Å². The molecule has 0 aliphatic heterocycles. The summed E-state index contributed by atoms with van der Waals surface area (Å²) < 4.78 is 43.7. The highest BCUT2D eigenvalue weighted by molar-refractivity contribution is 5.99. The molecular formula is C11H10F3NO4. The van der Waals surface area contributed by atoms with E-state index in [2.05, 4.69) is 4.74 Å². The normalized spacial score (nSPS) is 11.8. The Balaban J connectivity index is 3.12. The fourth-order valence-electron chi connectivity index (χ4n) is 1.34. The third kappa shape index (κ3) is 3.15. The molecule has 8 heteroatoms. The van der Waals surface area contributed by atoms with E-state index in [1.165, 1.54) is 0 Å². The first-order valence-electron chi connectivity index (χ1n) is 5.04. The number of nitrogens with one attached hydrogen (secondary N) is 1. The Hall–Kier alpha value is -2.25. The molecule has 0 aliphatic carbocycles. The van der Waals surface area contributed by atoms with Gasteiger partial charge in [-0.1, -0.05) is 0 Å². The van der Waals surface area contributed by atoms with Gasteiger partial charge in [0.25, 0.3) is 5.91 Å². The quantitative estimate of drug-likeness (QED) is 0.845. The van der Waals surface area contributed by atoms with Crippen molar-refractivity contribution in [3.63, 3.8) is 0 Å². The molecule has 2 N–H and O–H groups in total. The van der Waals surface area contributed by atoms with Crippen LogP contribution in [-0.2, 0) is 4.79 Å². The number of carboxylic acid groups (broad SMARTS) is 1. The van der Waals surface area contributed by atoms with Gasteiger partial charge < -0.3 is 15.2 Å². The fraction of sp³-hybridized carbons (Fsp3) is 0.273. The molecule has 0 aliphatic rings. The lowest BCUT2D eigenvalue weighted by Gasteiger charge is -2.13. The van der Waals surface area contributed by atoms with Gasteiger partial charge in [-0.3, -0.25) is 4.79 Å². The molecule has 0 aromatic heterocycles. The predicted molar refractivity (Wildman–Crippen MR) is 57.8 cm³/mol. The van der Waals surface area contributed by atoms with Crippen LogP contribution in [0.15, 0.2) is 12.1 Å². The van der Waals surface area contributed by atoms with Crippen molar-refractivity contribution in [1.29, 1.82) is 0 Å². The summed E-state index contributed by atoms with van der Waals surface area (Å²) in [5.74, 6) is -5.70. The van der Waals surface area contributed by atoms with Crippen LogP contribution in [0.2, 0.25) is 0 Å². The van der Waals surface area contributed by atoms with Crippen LogP contribution in [0.25, 0.3) is 0 Å². The zero-order valence-corrected chi connectivity index (χ0v) is 9.75. The SMILES string of the molecule is COc1c(F)ccc(F)c1C(=O)NC(CF)C(=O)O. The molecule has 104 valence electrons. The minimum absolute atomic E-state index is 0.679. The van der Waals surface area contributed by atoms with Gasteiger partial charge in [0.05, 0.1) is 7.11 Å². The monoisotopic (exact) mass is 277 g/mol. The van der Waals surface area contributed by atoms with Crippen LogP contribution in [-0.4, -0.2) is 36.8 Å². The summed E-state index contributed by atoms with van der Waals surface area (Å²) in [4.78, 5) is 22.2. The Bertz CT molecular complexity index is 507. The van der Waals surface area contributed by atoms with E-state index in [1.54, 1.807) is 5.32 Å². The van der Waals surface area contributed by atoms with Gasteiger partial charge in [-0.2, -0.15) is 0 Å². The second kappa shape index (κ2) is 6.07. The molecule has 0 spiro atoms. The maximum atomic E-state index is 13.5. The smallest absolute Gasteiger partial charge is 0.328 e. The van der Waals surface area contributed by atoms with E-state index in [-0.39, 0.29) is 0 Å². The van der Waals surface area contributed by atoms with Gasteiger partial charge in [0.1, 0.15) is 18.1 Å². The topological polar surface area (TPSA) is 75.6 Å². The molecule has 0 heterocycles. The van der Waals surface area contributed by atoms with Gasteiger partial charge in [0.15, 0.2) is 17.6 Å². The summed E-state index contributed by atoms with van der Waals surface area (Å²) in [6, 6.07) is -0.424. The highest BCUT2D eigenvalue weighted by Crippen LogP contribution is 2.25. The summed E-state index contributed by atoms with van der Waals surface area (Å²) >= 11 is 0. The molecule has 1 rings (SSSR count). The highest BCUT2D eigenvalue weighted by atomic mass is 19.1. The lowest BCUT2D eigenvalue weighted by Crippen LogP contribution is -2.42. The number of hydrogen-bond acceptors (Lipinski definition) is 3. The van der Waals surface area contributed by atoms with Crippen molar-refractivity contribution < 1.29 is 32.6 Å². The molecule has 5 nitrogen and oxygen atoms in total. The number of carbonyl (C=O) groups is 2. The summed E-state index contributed by atoms with van der Waals surface area (Å²) in [7, 11) is 1.01. The number of methoxy groups -OCH3 is 1. The lowest BCUT2D eigenvalue weighted by molar-refractivity contribution is -0.139. The number of rotatable bonds is 5. The van der Waals surface area contributed by atoms with Gasteiger partial charge in [0, 0.05) is 0 Å². The first-order chi connectivity index (χ1) is 8.92. The zero-order valence-electron chi connectivity index (χ0n) is 9.75. The molecular weight excluding hydrogens is 267 g/mol. The minimum Gasteiger partial charge on any atom is -0.493 e. The van der Waals surface area contributed by atoms with Gasteiger partial charge in [-0.25, -0.2) is 18.0 Å². The molecule has 1 amide bonds. The van der Waals surface area contributed by atoms with Crippen LogP contribution in [0.4, 0.5) is 13.2 Å². The number of aliphatic carboxylic acids is 1. The maximum Gasteiger partial charge on any atom is 0.328 e. The van der Waals surface area contributed by atoms with Crippen LogP contribution in [0.1, 0.15) is 10.4 Å². The Kier molecular flexibility index (Phi) is 4.74. The van der Waals surface area contributed by atoms with Gasteiger partial charge in [0.2, 0.25) is 0 Å². The largest absolute Gasteiger partial charge is 0.493 e. The summed E-state index contributed by atoms with van der Waals surface area (Å²) in [6.45, 7) is -1.39. The standard InChI is InChI=1S/C11H10F3NO4/c1-19-9-6(14)3-2-5(13)8(9)10(16)15-7(4-12)11(17)18/h2-3,7H,4H2,1H3,(H,15,16)(H,17,18). The van der Waals surface area contributed by atoms with Crippen LogP contribution in [0.3, 0.4) is 0 Å². The van der Waals surface area contributed by atoms with Crippen molar-refractivity contribution in [3.05, 3.63) is 29.3 Å². The molecule has 0 saturated heterocycles. The number of ether oxygens (including phenoxy) is 1. The Morgan fingerprint density at radius 3 is 2.42 bits per heavy atom. The number of carbonyl (C=O) groups excluding carboxylic acids is 1. The summed E-state index contributed by atoms with van der Waals surface area (Å²) in [6.07, 6.45) is 0. The number of amides is 1. The molecule has 0 bridgehead atoms. The third-order valence-corrected chi connectivity index (χ3v) is 2.25. The predicted octanol–water partition coefficient (Wildman–Crippen LogP) is 1.13. The number of alkyl halides is 1. The Labute approximate surface area is 106 Å². The van der Waals surface area contributed by atoms with E-state index in [1.807, 2.05) is 0 Å². The second-order valence-corrected chi connectivity index (χ2v) is 3.46. The zero-order chi connectivity index (χ0) is 14.6. The van der Waals surface area contributed by atoms with Crippen LogP contribution >= 0.6 is 0 Å². The van der Waals surface area contributed by atoms with E-state index >= 15 is 0 Å². The summed E-state index contributed by atoms with van der Waals surface area (Å²) in [5, 5.41) is 10.3. The van der Waals surface area contributed by atoms with E-state index in [0.29, 0.717) is 6.07 Å². The van der Waals surface area contributed by atoms with Crippen molar-refractivity contribution in [1.82, 2.24) is 5.32 Å². The molecule has 0 saturated carbocycles. The fourth-order valence-corrected chi connectivity index (χ4v) is 1.34. The minimum atomic E-state index is -1.85. The van der Waals surface area contributed by atoms with Gasteiger partial charge in [-0.15, -0.1) is 0 Å². The number of carboxylic acids is 1. The van der Waals surface area contributed by atoms with Crippen molar-refractivity contribution in [2.45, 2.75) is 6.04 Å². The Morgan fingerprint density at radius 2 is 1.95 bits per heavy atom. The van der Waals surface area contributed by atoms with Crippen LogP contribution in [0, 0.1) is 11.6 Å². The molecule has 1 aromatic rings. The van der Waals surface area contributed by atoms with Gasteiger partial charge >= 0.3 is 5.97 Å². The average molecular weight is 277 g/mol. The summed E-state index contributed by atoms with van der Waals surface area (Å²) in [5.41, 5.74) is -0.817. The third-order valence-electron chi connectivity index (χ3n) is 2.25. The van der Waals surface area contributed by atoms with E-state index in [4.69, 9.17) is 5.11 Å². The van der Waals surface area contributed by atoms with Crippen molar-refractivity contribution in [2.75, 3.05) is 13.8 Å². The number of hydrogen-bond donors (Lipinski definition) is 2. The molecule has 0 fully saturated rings.